The van der Waals surface area contributed by atoms with Gasteiger partial charge in [-0.1, -0.05) is 19.4 Å². The van der Waals surface area contributed by atoms with Crippen LogP contribution in [0.25, 0.3) is 0 Å². The lowest BCUT2D eigenvalue weighted by atomic mass is 9.95. The SMILES string of the molecule is CCCN1CCCC[C@@H]1c1cccnc1N(C)C. The normalized spacial score (nSPS) is 20.9. The Balaban J connectivity index is 2.27. The van der Waals surface area contributed by atoms with E-state index in [9.17, 15) is 0 Å². The molecule has 2 heterocycles. The van der Waals surface area contributed by atoms with E-state index in [-0.39, 0.29) is 0 Å². The second kappa shape index (κ2) is 6.19. The monoisotopic (exact) mass is 247 g/mol. The molecule has 1 saturated heterocycles. The Kier molecular flexibility index (Phi) is 4.59. The number of anilines is 1. The molecule has 0 bridgehead atoms. The van der Waals surface area contributed by atoms with Crippen molar-refractivity contribution >= 4 is 5.82 Å². The van der Waals surface area contributed by atoms with Gasteiger partial charge in [0, 0.05) is 31.9 Å². The molecule has 0 radical (unpaired) electrons. The van der Waals surface area contributed by atoms with Gasteiger partial charge in [-0.05, 0) is 38.4 Å². The first kappa shape index (κ1) is 13.3. The molecule has 0 aromatic carbocycles. The summed E-state index contributed by atoms with van der Waals surface area (Å²) < 4.78 is 0. The lowest BCUT2D eigenvalue weighted by Crippen LogP contribution is -2.34. The minimum atomic E-state index is 0.560. The van der Waals surface area contributed by atoms with E-state index in [0.29, 0.717) is 6.04 Å². The number of hydrogen-bond donors (Lipinski definition) is 0. The molecule has 2 rings (SSSR count). The Morgan fingerprint density at radius 2 is 2.22 bits per heavy atom. The molecule has 0 spiro atoms. The van der Waals surface area contributed by atoms with Crippen molar-refractivity contribution < 1.29 is 0 Å². The first-order valence-electron chi connectivity index (χ1n) is 7.10. The average Bonchev–Trinajstić information content (AvgIpc) is 2.40. The van der Waals surface area contributed by atoms with Gasteiger partial charge in [-0.3, -0.25) is 4.90 Å². The largest absolute Gasteiger partial charge is 0.362 e. The van der Waals surface area contributed by atoms with Crippen molar-refractivity contribution in [1.82, 2.24) is 9.88 Å². The molecule has 0 N–H and O–H groups in total. The molecule has 0 aliphatic carbocycles. The van der Waals surface area contributed by atoms with Gasteiger partial charge in [0.05, 0.1) is 0 Å². The standard InChI is InChI=1S/C15H25N3/c1-4-11-18-12-6-5-9-14(18)13-8-7-10-16-15(13)17(2)3/h7-8,10,14H,4-6,9,11-12H2,1-3H3/t14-/m1/s1. The molecule has 1 aliphatic rings. The first-order valence-corrected chi connectivity index (χ1v) is 7.10. The van der Waals surface area contributed by atoms with Gasteiger partial charge in [-0.2, -0.15) is 0 Å². The van der Waals surface area contributed by atoms with Crippen molar-refractivity contribution in [3.05, 3.63) is 23.9 Å². The van der Waals surface area contributed by atoms with Crippen LogP contribution in [0.2, 0.25) is 0 Å². The summed E-state index contributed by atoms with van der Waals surface area (Å²) in [4.78, 5) is 9.31. The van der Waals surface area contributed by atoms with Gasteiger partial charge in [-0.15, -0.1) is 0 Å². The van der Waals surface area contributed by atoms with Crippen molar-refractivity contribution in [2.75, 3.05) is 32.1 Å². The summed E-state index contributed by atoms with van der Waals surface area (Å²) in [6, 6.07) is 4.88. The second-order valence-electron chi connectivity index (χ2n) is 5.36. The summed E-state index contributed by atoms with van der Waals surface area (Å²) in [6.07, 6.45) is 7.08. The predicted molar refractivity (Wildman–Crippen MR) is 77.0 cm³/mol. The summed E-state index contributed by atoms with van der Waals surface area (Å²) in [5.74, 6) is 1.13. The molecule has 1 aliphatic heterocycles. The van der Waals surface area contributed by atoms with Crippen LogP contribution in [-0.2, 0) is 0 Å². The Bertz CT molecular complexity index is 374. The van der Waals surface area contributed by atoms with Gasteiger partial charge < -0.3 is 4.90 Å². The van der Waals surface area contributed by atoms with Crippen LogP contribution in [0.15, 0.2) is 18.3 Å². The van der Waals surface area contributed by atoms with E-state index in [4.69, 9.17) is 0 Å². The van der Waals surface area contributed by atoms with Gasteiger partial charge in [0.15, 0.2) is 0 Å². The van der Waals surface area contributed by atoms with Crippen molar-refractivity contribution in [2.24, 2.45) is 0 Å². The number of pyridine rings is 1. The molecule has 0 amide bonds. The fraction of sp³-hybridized carbons (Fsp3) is 0.667. The Morgan fingerprint density at radius 3 is 2.94 bits per heavy atom. The van der Waals surface area contributed by atoms with Crippen LogP contribution in [0, 0.1) is 0 Å². The minimum absolute atomic E-state index is 0.560. The van der Waals surface area contributed by atoms with E-state index >= 15 is 0 Å². The Hall–Kier alpha value is -1.09. The van der Waals surface area contributed by atoms with E-state index < -0.39 is 0 Å². The van der Waals surface area contributed by atoms with Gasteiger partial charge in [-0.25, -0.2) is 4.98 Å². The molecule has 1 atom stereocenters. The number of hydrogen-bond acceptors (Lipinski definition) is 3. The average molecular weight is 247 g/mol. The molecule has 3 nitrogen and oxygen atoms in total. The van der Waals surface area contributed by atoms with Crippen molar-refractivity contribution in [1.29, 1.82) is 0 Å². The zero-order valence-electron chi connectivity index (χ0n) is 11.9. The minimum Gasteiger partial charge on any atom is -0.362 e. The van der Waals surface area contributed by atoms with E-state index in [0.717, 1.165) is 5.82 Å². The maximum Gasteiger partial charge on any atom is 0.132 e. The van der Waals surface area contributed by atoms with Gasteiger partial charge >= 0.3 is 0 Å². The van der Waals surface area contributed by atoms with Crippen LogP contribution in [0.1, 0.15) is 44.2 Å². The molecule has 1 aromatic rings. The van der Waals surface area contributed by atoms with E-state index in [1.54, 1.807) is 0 Å². The highest BCUT2D eigenvalue weighted by atomic mass is 15.2. The van der Waals surface area contributed by atoms with E-state index in [2.05, 4.69) is 47.9 Å². The van der Waals surface area contributed by atoms with Gasteiger partial charge in [0.1, 0.15) is 5.82 Å². The predicted octanol–water partition coefficient (Wildman–Crippen LogP) is 3.08. The molecule has 1 fully saturated rings. The highest BCUT2D eigenvalue weighted by molar-refractivity contribution is 5.47. The molecule has 100 valence electrons. The zero-order valence-corrected chi connectivity index (χ0v) is 11.9. The molecular weight excluding hydrogens is 222 g/mol. The third kappa shape index (κ3) is 2.83. The fourth-order valence-corrected chi connectivity index (χ4v) is 2.94. The number of rotatable bonds is 4. The van der Waals surface area contributed by atoms with Gasteiger partial charge in [0.2, 0.25) is 0 Å². The summed E-state index contributed by atoms with van der Waals surface area (Å²) in [5.41, 5.74) is 1.40. The fourth-order valence-electron chi connectivity index (χ4n) is 2.94. The van der Waals surface area contributed by atoms with Crippen LogP contribution in [0.4, 0.5) is 5.82 Å². The first-order chi connectivity index (χ1) is 8.74. The third-order valence-electron chi connectivity index (χ3n) is 3.72. The van der Waals surface area contributed by atoms with Gasteiger partial charge in [0.25, 0.3) is 0 Å². The third-order valence-corrected chi connectivity index (χ3v) is 3.72. The maximum atomic E-state index is 4.55. The molecule has 3 heteroatoms. The number of aromatic nitrogens is 1. The molecule has 0 unspecified atom stereocenters. The lowest BCUT2D eigenvalue weighted by Gasteiger charge is -2.37. The maximum absolute atomic E-state index is 4.55. The smallest absolute Gasteiger partial charge is 0.132 e. The number of nitrogens with zero attached hydrogens (tertiary/aromatic N) is 3. The van der Waals surface area contributed by atoms with Crippen molar-refractivity contribution in [3.8, 4) is 0 Å². The summed E-state index contributed by atoms with van der Waals surface area (Å²) >= 11 is 0. The topological polar surface area (TPSA) is 19.4 Å². The lowest BCUT2D eigenvalue weighted by molar-refractivity contribution is 0.149. The van der Waals surface area contributed by atoms with Crippen LogP contribution in [-0.4, -0.2) is 37.1 Å². The molecular formula is C15H25N3. The second-order valence-corrected chi connectivity index (χ2v) is 5.36. The quantitative estimate of drug-likeness (QED) is 0.815. The summed E-state index contributed by atoms with van der Waals surface area (Å²) in [5, 5.41) is 0. The number of likely N-dealkylation sites (tertiary alicyclic amines) is 1. The highest BCUT2D eigenvalue weighted by Crippen LogP contribution is 2.34. The van der Waals surface area contributed by atoms with Crippen LogP contribution in [0.5, 0.6) is 0 Å². The van der Waals surface area contributed by atoms with E-state index in [1.165, 1.54) is 44.3 Å². The molecule has 1 aromatic heterocycles. The number of piperidine rings is 1. The van der Waals surface area contributed by atoms with Crippen LogP contribution >= 0.6 is 0 Å². The van der Waals surface area contributed by atoms with Crippen molar-refractivity contribution in [2.45, 2.75) is 38.6 Å². The van der Waals surface area contributed by atoms with Crippen molar-refractivity contribution in [3.63, 3.8) is 0 Å². The van der Waals surface area contributed by atoms with E-state index in [1.807, 2.05) is 6.20 Å². The summed E-state index contributed by atoms with van der Waals surface area (Å²) in [7, 11) is 4.16. The zero-order chi connectivity index (χ0) is 13.0. The molecule has 18 heavy (non-hydrogen) atoms. The Morgan fingerprint density at radius 1 is 1.39 bits per heavy atom. The highest BCUT2D eigenvalue weighted by Gasteiger charge is 2.25. The van der Waals surface area contributed by atoms with Crippen LogP contribution in [0.3, 0.4) is 0 Å². The summed E-state index contributed by atoms with van der Waals surface area (Å²) in [6.45, 7) is 4.70. The molecule has 0 saturated carbocycles. The Labute approximate surface area is 111 Å². The van der Waals surface area contributed by atoms with Crippen LogP contribution < -0.4 is 4.90 Å².